The van der Waals surface area contributed by atoms with Crippen LogP contribution in [0.25, 0.3) is 0 Å². The van der Waals surface area contributed by atoms with Gasteiger partial charge in [0, 0.05) is 19.2 Å². The Balaban J connectivity index is 2.77. The van der Waals surface area contributed by atoms with Gasteiger partial charge in [0.1, 0.15) is 11.5 Å². The van der Waals surface area contributed by atoms with Crippen molar-refractivity contribution in [3.63, 3.8) is 0 Å². The number of carbonyl (C=O) groups excluding carboxylic acids is 1. The number of ether oxygens (including phenoxy) is 2. The highest BCUT2D eigenvalue weighted by atomic mass is 16.5. The van der Waals surface area contributed by atoms with E-state index in [2.05, 4.69) is 5.32 Å². The molecule has 22 heavy (non-hydrogen) atoms. The number of hydrogen-bond donors (Lipinski definition) is 2. The van der Waals surface area contributed by atoms with Gasteiger partial charge in [0.15, 0.2) is 0 Å². The van der Waals surface area contributed by atoms with E-state index in [1.165, 1.54) is 4.90 Å². The summed E-state index contributed by atoms with van der Waals surface area (Å²) in [5.41, 5.74) is 0.779. The van der Waals surface area contributed by atoms with Crippen LogP contribution in [0.5, 0.6) is 11.5 Å². The summed E-state index contributed by atoms with van der Waals surface area (Å²) in [6.07, 6.45) is -0.0964. The average Bonchev–Trinajstić information content (AvgIpc) is 2.51. The van der Waals surface area contributed by atoms with Gasteiger partial charge in [-0.1, -0.05) is 0 Å². The Labute approximate surface area is 129 Å². The second-order valence-electron chi connectivity index (χ2n) is 4.84. The summed E-state index contributed by atoms with van der Waals surface area (Å²) in [4.78, 5) is 23.9. The maximum Gasteiger partial charge on any atom is 0.317 e. The summed E-state index contributed by atoms with van der Waals surface area (Å²) in [5.74, 6) is 0.361. The quantitative estimate of drug-likeness (QED) is 0.803. The van der Waals surface area contributed by atoms with Crippen molar-refractivity contribution in [3.8, 4) is 11.5 Å². The molecule has 0 radical (unpaired) electrons. The summed E-state index contributed by atoms with van der Waals surface area (Å²) in [5, 5.41) is 11.4. The van der Waals surface area contributed by atoms with Gasteiger partial charge < -0.3 is 24.8 Å². The molecule has 0 spiro atoms. The van der Waals surface area contributed by atoms with Crippen LogP contribution in [-0.2, 0) is 4.79 Å². The van der Waals surface area contributed by atoms with Gasteiger partial charge in [0.2, 0.25) is 0 Å². The Kier molecular flexibility index (Phi) is 6.49. The molecule has 2 amide bonds. The third kappa shape index (κ3) is 4.83. The van der Waals surface area contributed by atoms with Crippen molar-refractivity contribution >= 4 is 12.0 Å². The lowest BCUT2D eigenvalue weighted by atomic mass is 10.1. The van der Waals surface area contributed by atoms with Crippen molar-refractivity contribution < 1.29 is 24.2 Å². The molecule has 0 heterocycles. The molecule has 1 atom stereocenters. The zero-order valence-electron chi connectivity index (χ0n) is 13.3. The number of nitrogens with zero attached hydrogens (tertiary/aromatic N) is 1. The lowest BCUT2D eigenvalue weighted by Gasteiger charge is -2.22. The normalized spacial score (nSPS) is 11.5. The Morgan fingerprint density at radius 3 is 2.55 bits per heavy atom. The first-order valence-electron chi connectivity index (χ1n) is 6.84. The van der Waals surface area contributed by atoms with E-state index >= 15 is 0 Å². The molecule has 0 aliphatic carbocycles. The van der Waals surface area contributed by atoms with E-state index in [1.54, 1.807) is 39.5 Å². The van der Waals surface area contributed by atoms with Crippen LogP contribution in [0.15, 0.2) is 18.2 Å². The number of methoxy groups -OCH3 is 2. The minimum Gasteiger partial charge on any atom is -0.497 e. The van der Waals surface area contributed by atoms with Crippen molar-refractivity contribution in [2.24, 2.45) is 0 Å². The molecular formula is C15H22N2O5. The Bertz CT molecular complexity index is 533. The molecule has 7 heteroatoms. The molecule has 0 aliphatic heterocycles. The van der Waals surface area contributed by atoms with Gasteiger partial charge in [-0.15, -0.1) is 0 Å². The Morgan fingerprint density at radius 1 is 1.32 bits per heavy atom. The molecule has 0 bridgehead atoms. The van der Waals surface area contributed by atoms with Gasteiger partial charge >= 0.3 is 12.0 Å². The minimum atomic E-state index is -0.942. The van der Waals surface area contributed by atoms with E-state index in [1.807, 2.05) is 6.92 Å². The molecule has 122 valence electrons. The monoisotopic (exact) mass is 310 g/mol. The number of aliphatic carboxylic acids is 1. The summed E-state index contributed by atoms with van der Waals surface area (Å²) >= 11 is 0. The topological polar surface area (TPSA) is 88.1 Å². The van der Waals surface area contributed by atoms with Gasteiger partial charge in [-0.3, -0.25) is 4.79 Å². The van der Waals surface area contributed by atoms with Gasteiger partial charge in [-0.2, -0.15) is 0 Å². The number of carboxylic acids is 1. The van der Waals surface area contributed by atoms with E-state index in [0.717, 1.165) is 5.56 Å². The highest BCUT2D eigenvalue weighted by molar-refractivity contribution is 5.75. The molecule has 0 saturated heterocycles. The van der Waals surface area contributed by atoms with Crippen molar-refractivity contribution in [1.29, 1.82) is 0 Å². The second-order valence-corrected chi connectivity index (χ2v) is 4.84. The van der Waals surface area contributed by atoms with Crippen LogP contribution in [-0.4, -0.2) is 49.8 Å². The summed E-state index contributed by atoms with van der Waals surface area (Å²) in [7, 11) is 4.67. The molecule has 1 aromatic carbocycles. The maximum absolute atomic E-state index is 12.0. The first kappa shape index (κ1) is 17.6. The zero-order chi connectivity index (χ0) is 16.7. The summed E-state index contributed by atoms with van der Waals surface area (Å²) in [6, 6.07) is 4.67. The number of hydrogen-bond acceptors (Lipinski definition) is 4. The third-order valence-corrected chi connectivity index (χ3v) is 3.25. The van der Waals surface area contributed by atoms with Gasteiger partial charge in [-0.25, -0.2) is 4.79 Å². The molecule has 0 saturated carbocycles. The lowest BCUT2D eigenvalue weighted by Crippen LogP contribution is -2.39. The number of benzene rings is 1. The molecule has 1 unspecified atom stereocenters. The summed E-state index contributed by atoms with van der Waals surface area (Å²) < 4.78 is 10.5. The van der Waals surface area contributed by atoms with Crippen molar-refractivity contribution in [2.45, 2.75) is 19.4 Å². The number of urea groups is 1. The van der Waals surface area contributed by atoms with Crippen LogP contribution in [0, 0.1) is 0 Å². The predicted molar refractivity (Wildman–Crippen MR) is 81.4 cm³/mol. The zero-order valence-corrected chi connectivity index (χ0v) is 13.3. The van der Waals surface area contributed by atoms with E-state index in [0.29, 0.717) is 11.5 Å². The SMILES string of the molecule is COc1ccc(OC)c(C(C)NC(=O)N(C)CCC(=O)O)c1. The number of carbonyl (C=O) groups is 2. The van der Waals surface area contributed by atoms with Crippen molar-refractivity contribution in [1.82, 2.24) is 10.2 Å². The number of rotatable bonds is 7. The largest absolute Gasteiger partial charge is 0.497 e. The first-order valence-corrected chi connectivity index (χ1v) is 6.84. The molecule has 1 aromatic rings. The van der Waals surface area contributed by atoms with Gasteiger partial charge in [0.25, 0.3) is 0 Å². The maximum atomic E-state index is 12.0. The molecule has 0 fully saturated rings. The molecule has 0 aliphatic rings. The van der Waals surface area contributed by atoms with E-state index in [-0.39, 0.29) is 25.0 Å². The van der Waals surface area contributed by atoms with Crippen molar-refractivity contribution in [2.75, 3.05) is 27.8 Å². The van der Waals surface area contributed by atoms with Crippen LogP contribution in [0.2, 0.25) is 0 Å². The molecule has 7 nitrogen and oxygen atoms in total. The number of carboxylic acid groups (broad SMARTS) is 1. The van der Waals surface area contributed by atoms with Gasteiger partial charge in [0.05, 0.1) is 26.7 Å². The Morgan fingerprint density at radius 2 is 2.00 bits per heavy atom. The molecule has 2 N–H and O–H groups in total. The Hall–Kier alpha value is -2.44. The minimum absolute atomic E-state index is 0.0964. The molecule has 1 rings (SSSR count). The number of amides is 2. The first-order chi connectivity index (χ1) is 10.4. The second kappa shape index (κ2) is 8.11. The van der Waals surface area contributed by atoms with Crippen LogP contribution < -0.4 is 14.8 Å². The van der Waals surface area contributed by atoms with E-state index in [9.17, 15) is 9.59 Å². The van der Waals surface area contributed by atoms with Crippen LogP contribution >= 0.6 is 0 Å². The standard InChI is InChI=1S/C15H22N2O5/c1-10(16-15(20)17(2)8-7-14(18)19)12-9-11(21-3)5-6-13(12)22-4/h5-6,9-10H,7-8H2,1-4H3,(H,16,20)(H,18,19). The fourth-order valence-electron chi connectivity index (χ4n) is 1.92. The van der Waals surface area contributed by atoms with E-state index < -0.39 is 5.97 Å². The van der Waals surface area contributed by atoms with Gasteiger partial charge in [-0.05, 0) is 25.1 Å². The van der Waals surface area contributed by atoms with Crippen LogP contribution in [0.3, 0.4) is 0 Å². The highest BCUT2D eigenvalue weighted by Crippen LogP contribution is 2.29. The molecule has 0 aromatic heterocycles. The van der Waals surface area contributed by atoms with Crippen molar-refractivity contribution in [3.05, 3.63) is 23.8 Å². The van der Waals surface area contributed by atoms with Crippen LogP contribution in [0.4, 0.5) is 4.79 Å². The third-order valence-electron chi connectivity index (χ3n) is 3.25. The smallest absolute Gasteiger partial charge is 0.317 e. The predicted octanol–water partition coefficient (Wildman–Crippen LogP) is 1.88. The van der Waals surface area contributed by atoms with Crippen LogP contribution in [0.1, 0.15) is 24.9 Å². The number of nitrogens with one attached hydrogen (secondary N) is 1. The van der Waals surface area contributed by atoms with E-state index in [4.69, 9.17) is 14.6 Å². The average molecular weight is 310 g/mol. The fraction of sp³-hybridized carbons (Fsp3) is 0.467. The highest BCUT2D eigenvalue weighted by Gasteiger charge is 2.17. The lowest BCUT2D eigenvalue weighted by molar-refractivity contribution is -0.137. The summed E-state index contributed by atoms with van der Waals surface area (Å²) in [6.45, 7) is 1.96. The fourth-order valence-corrected chi connectivity index (χ4v) is 1.92. The molecular weight excluding hydrogens is 288 g/mol.